The van der Waals surface area contributed by atoms with Crippen LogP contribution in [0.5, 0.6) is 0 Å². The molecule has 0 bridgehead atoms. The number of furan rings is 1. The lowest BCUT2D eigenvalue weighted by Gasteiger charge is -2.30. The number of piperidine rings is 1. The maximum atomic E-state index is 13.0. The lowest BCUT2D eigenvalue weighted by molar-refractivity contribution is -0.120. The molecule has 0 unspecified atom stereocenters. The number of hydrogen-bond acceptors (Lipinski definition) is 6. The van der Waals surface area contributed by atoms with Gasteiger partial charge in [0.05, 0.1) is 23.4 Å². The van der Waals surface area contributed by atoms with Crippen molar-refractivity contribution < 1.29 is 22.4 Å². The van der Waals surface area contributed by atoms with Crippen molar-refractivity contribution in [3.8, 4) is 0 Å². The molecule has 2 aromatic heterocycles. The van der Waals surface area contributed by atoms with Gasteiger partial charge in [-0.2, -0.15) is 9.40 Å². The Morgan fingerprint density at radius 1 is 1.17 bits per heavy atom. The van der Waals surface area contributed by atoms with E-state index in [0.29, 0.717) is 35.9 Å². The zero-order chi connectivity index (χ0) is 25.0. The van der Waals surface area contributed by atoms with Gasteiger partial charge in [-0.15, -0.1) is 0 Å². The smallest absolute Gasteiger partial charge is 0.274 e. The largest absolute Gasteiger partial charge is 0.467 e. The number of sulfonamides is 1. The molecule has 35 heavy (non-hydrogen) atoms. The van der Waals surface area contributed by atoms with Crippen molar-refractivity contribution in [3.63, 3.8) is 0 Å². The van der Waals surface area contributed by atoms with Crippen LogP contribution in [0.2, 0.25) is 5.02 Å². The highest BCUT2D eigenvalue weighted by atomic mass is 35.5. The van der Waals surface area contributed by atoms with Gasteiger partial charge in [-0.25, -0.2) is 8.42 Å². The molecule has 1 fully saturated rings. The Balaban J connectivity index is 1.38. The molecular weight excluding hydrogens is 494 g/mol. The second-order valence-corrected chi connectivity index (χ2v) is 10.5. The fourth-order valence-electron chi connectivity index (χ4n) is 3.86. The summed E-state index contributed by atoms with van der Waals surface area (Å²) < 4.78 is 33.9. The number of nitrogens with one attached hydrogen (secondary N) is 2. The Hall–Kier alpha value is -3.15. The van der Waals surface area contributed by atoms with E-state index in [2.05, 4.69) is 15.7 Å². The maximum Gasteiger partial charge on any atom is 0.274 e. The molecule has 2 N–H and O–H groups in total. The maximum absolute atomic E-state index is 13.0. The Morgan fingerprint density at radius 3 is 2.51 bits per heavy atom. The summed E-state index contributed by atoms with van der Waals surface area (Å²) in [5, 5.41) is 10.3. The van der Waals surface area contributed by atoms with Gasteiger partial charge >= 0.3 is 0 Å². The van der Waals surface area contributed by atoms with Gasteiger partial charge in [-0.05, 0) is 56.2 Å². The molecule has 2 amide bonds. The second-order valence-electron chi connectivity index (χ2n) is 8.13. The minimum atomic E-state index is -3.66. The average molecular weight is 520 g/mol. The van der Waals surface area contributed by atoms with Crippen molar-refractivity contribution in [2.45, 2.75) is 37.8 Å². The van der Waals surface area contributed by atoms with Crippen LogP contribution in [-0.2, 0) is 27.9 Å². The van der Waals surface area contributed by atoms with Crippen molar-refractivity contribution in [1.29, 1.82) is 0 Å². The van der Waals surface area contributed by atoms with Crippen LogP contribution in [0, 0.1) is 5.92 Å². The van der Waals surface area contributed by atoms with E-state index in [1.807, 2.05) is 6.92 Å². The number of hydrogen-bond donors (Lipinski definition) is 2. The molecule has 0 spiro atoms. The third-order valence-corrected chi connectivity index (χ3v) is 8.00. The van der Waals surface area contributed by atoms with Crippen LogP contribution in [-0.4, -0.2) is 47.4 Å². The first-order valence-corrected chi connectivity index (χ1v) is 13.0. The van der Waals surface area contributed by atoms with Crippen LogP contribution in [0.1, 0.15) is 36.0 Å². The Morgan fingerprint density at radius 2 is 1.89 bits per heavy atom. The molecule has 3 aromatic rings. The number of carbonyl (C=O) groups excluding carboxylic acids is 2. The van der Waals surface area contributed by atoms with Crippen molar-refractivity contribution >= 4 is 39.1 Å². The van der Waals surface area contributed by atoms with E-state index >= 15 is 0 Å². The normalized spacial score (nSPS) is 15.1. The molecule has 0 radical (unpaired) electrons. The number of anilines is 1. The summed E-state index contributed by atoms with van der Waals surface area (Å²) in [7, 11) is -3.66. The molecule has 4 rings (SSSR count). The summed E-state index contributed by atoms with van der Waals surface area (Å²) in [6.07, 6.45) is 3.85. The molecule has 12 heteroatoms. The molecule has 0 aliphatic carbocycles. The van der Waals surface area contributed by atoms with Crippen LogP contribution < -0.4 is 10.6 Å². The average Bonchev–Trinajstić information content (AvgIpc) is 3.53. The summed E-state index contributed by atoms with van der Waals surface area (Å²) in [6.45, 7) is 3.02. The molecule has 1 aliphatic heterocycles. The minimum Gasteiger partial charge on any atom is -0.467 e. The SMILES string of the molecule is CCn1cc(NC(=O)C2CCN(S(=O)(=O)c3ccc(Cl)cc3)CC2)c(C(=O)NCc2ccco2)n1. The van der Waals surface area contributed by atoms with Gasteiger partial charge in [0.15, 0.2) is 5.69 Å². The van der Waals surface area contributed by atoms with Crippen molar-refractivity contribution in [1.82, 2.24) is 19.4 Å². The third-order valence-electron chi connectivity index (χ3n) is 5.84. The fourth-order valence-corrected chi connectivity index (χ4v) is 5.45. The lowest BCUT2D eigenvalue weighted by atomic mass is 9.97. The number of halogens is 1. The number of aromatic nitrogens is 2. The first kappa shape index (κ1) is 25.0. The molecule has 0 saturated carbocycles. The van der Waals surface area contributed by atoms with Gasteiger partial charge in [0, 0.05) is 36.8 Å². The molecule has 1 aromatic carbocycles. The van der Waals surface area contributed by atoms with Crippen LogP contribution in [0.4, 0.5) is 5.69 Å². The van der Waals surface area contributed by atoms with Gasteiger partial charge in [0.2, 0.25) is 15.9 Å². The molecule has 3 heterocycles. The quantitative estimate of drug-likeness (QED) is 0.471. The second kappa shape index (κ2) is 10.6. The summed E-state index contributed by atoms with van der Waals surface area (Å²) >= 11 is 5.86. The van der Waals surface area contributed by atoms with E-state index in [-0.39, 0.29) is 36.1 Å². The number of nitrogens with zero attached hydrogens (tertiary/aromatic N) is 3. The van der Waals surface area contributed by atoms with Gasteiger partial charge in [0.25, 0.3) is 5.91 Å². The zero-order valence-electron chi connectivity index (χ0n) is 19.1. The minimum absolute atomic E-state index is 0.106. The number of carbonyl (C=O) groups is 2. The number of aryl methyl sites for hydroxylation is 1. The predicted octanol–water partition coefficient (Wildman–Crippen LogP) is 3.12. The Kier molecular flexibility index (Phi) is 7.58. The van der Waals surface area contributed by atoms with E-state index in [9.17, 15) is 18.0 Å². The van der Waals surface area contributed by atoms with Crippen LogP contribution in [0.15, 0.2) is 58.2 Å². The van der Waals surface area contributed by atoms with E-state index < -0.39 is 21.8 Å². The highest BCUT2D eigenvalue weighted by Gasteiger charge is 2.32. The van der Waals surface area contributed by atoms with E-state index in [1.54, 1.807) is 23.0 Å². The first-order chi connectivity index (χ1) is 16.8. The van der Waals surface area contributed by atoms with Gasteiger partial charge in [0.1, 0.15) is 5.76 Å². The van der Waals surface area contributed by atoms with E-state index in [4.69, 9.17) is 16.0 Å². The van der Waals surface area contributed by atoms with Gasteiger partial charge in [-0.1, -0.05) is 11.6 Å². The molecule has 1 aliphatic rings. The van der Waals surface area contributed by atoms with E-state index in [1.165, 1.54) is 34.8 Å². The first-order valence-electron chi connectivity index (χ1n) is 11.2. The molecule has 1 saturated heterocycles. The Labute approximate surface area is 208 Å². The van der Waals surface area contributed by atoms with Crippen LogP contribution in [0.25, 0.3) is 0 Å². The van der Waals surface area contributed by atoms with Crippen molar-refractivity contribution in [3.05, 3.63) is 65.3 Å². The van der Waals surface area contributed by atoms with Crippen molar-refractivity contribution in [2.75, 3.05) is 18.4 Å². The van der Waals surface area contributed by atoms with E-state index in [0.717, 1.165) is 0 Å². The molecule has 186 valence electrons. The summed E-state index contributed by atoms with van der Waals surface area (Å²) in [5.41, 5.74) is 0.416. The van der Waals surface area contributed by atoms with Gasteiger partial charge < -0.3 is 15.1 Å². The highest BCUT2D eigenvalue weighted by molar-refractivity contribution is 7.89. The third kappa shape index (κ3) is 5.75. The monoisotopic (exact) mass is 519 g/mol. The standard InChI is InChI=1S/C23H26ClN5O5S/c1-2-28-15-20(21(27-28)23(31)25-14-18-4-3-13-34-18)26-22(30)16-9-11-29(12-10-16)35(32,33)19-7-5-17(24)6-8-19/h3-8,13,15-16H,2,9-12,14H2,1H3,(H,25,31)(H,26,30). The number of rotatable bonds is 8. The predicted molar refractivity (Wildman–Crippen MR) is 129 cm³/mol. The topological polar surface area (TPSA) is 127 Å². The number of benzene rings is 1. The highest BCUT2D eigenvalue weighted by Crippen LogP contribution is 2.26. The molecular formula is C23H26ClN5O5S. The summed E-state index contributed by atoms with van der Waals surface area (Å²) in [4.78, 5) is 25.8. The number of amides is 2. The lowest BCUT2D eigenvalue weighted by Crippen LogP contribution is -2.41. The summed E-state index contributed by atoms with van der Waals surface area (Å²) in [6, 6.07) is 9.49. The van der Waals surface area contributed by atoms with Gasteiger partial charge in [-0.3, -0.25) is 14.3 Å². The van der Waals surface area contributed by atoms with Crippen LogP contribution >= 0.6 is 11.6 Å². The van der Waals surface area contributed by atoms with Crippen molar-refractivity contribution in [2.24, 2.45) is 5.92 Å². The Bertz CT molecular complexity index is 1280. The fraction of sp³-hybridized carbons (Fsp3) is 0.348. The summed E-state index contributed by atoms with van der Waals surface area (Å²) in [5.74, 6) is -0.507. The zero-order valence-corrected chi connectivity index (χ0v) is 20.7. The molecule has 10 nitrogen and oxygen atoms in total. The molecule has 0 atom stereocenters. The van der Waals surface area contributed by atoms with Crippen LogP contribution in [0.3, 0.4) is 0 Å².